The second-order valence-electron chi connectivity index (χ2n) is 7.71. The van der Waals surface area contributed by atoms with Crippen LogP contribution in [0.4, 0.5) is 0 Å². The Labute approximate surface area is 186 Å². The number of carbonyl (C=O) groups is 1. The minimum Gasteiger partial charge on any atom is -0.488 e. The number of carbonyl (C=O) groups excluding carboxylic acids is 1. The fourth-order valence-corrected chi connectivity index (χ4v) is 3.70. The maximum Gasteiger partial charge on any atom is 0.363 e. The van der Waals surface area contributed by atoms with Crippen LogP contribution in [0.2, 0.25) is 0 Å². The van der Waals surface area contributed by atoms with E-state index in [1.54, 1.807) is 6.08 Å². The number of benzene rings is 4. The van der Waals surface area contributed by atoms with E-state index in [0.29, 0.717) is 18.3 Å². The zero-order valence-electron chi connectivity index (χ0n) is 17.6. The molecule has 0 bridgehead atoms. The third kappa shape index (κ3) is 4.16. The molecule has 5 rings (SSSR count). The number of hydrogen-bond donors (Lipinski definition) is 0. The number of para-hydroxylation sites is 1. The lowest BCUT2D eigenvalue weighted by atomic mass is 10.1. The van der Waals surface area contributed by atoms with E-state index in [1.165, 1.54) is 5.56 Å². The summed E-state index contributed by atoms with van der Waals surface area (Å²) in [5, 5.41) is 2.19. The summed E-state index contributed by atoms with van der Waals surface area (Å²) in [5.74, 6) is 0.524. The van der Waals surface area contributed by atoms with Gasteiger partial charge in [-0.3, -0.25) is 0 Å². The summed E-state index contributed by atoms with van der Waals surface area (Å²) >= 11 is 0. The maximum absolute atomic E-state index is 12.5. The number of ether oxygens (including phenoxy) is 2. The first-order valence-electron chi connectivity index (χ1n) is 10.4. The van der Waals surface area contributed by atoms with Gasteiger partial charge in [0.15, 0.2) is 5.70 Å². The van der Waals surface area contributed by atoms with Gasteiger partial charge in [0.1, 0.15) is 12.4 Å². The lowest BCUT2D eigenvalue weighted by Gasteiger charge is -2.09. The summed E-state index contributed by atoms with van der Waals surface area (Å²) in [6, 6.07) is 29.7. The van der Waals surface area contributed by atoms with Gasteiger partial charge in [-0.2, -0.15) is 0 Å². The van der Waals surface area contributed by atoms with Gasteiger partial charge in [-0.25, -0.2) is 9.79 Å². The Balaban J connectivity index is 1.41. The highest BCUT2D eigenvalue weighted by Crippen LogP contribution is 2.26. The lowest BCUT2D eigenvalue weighted by Crippen LogP contribution is -2.05. The molecule has 0 radical (unpaired) electrons. The largest absolute Gasteiger partial charge is 0.488 e. The topological polar surface area (TPSA) is 47.9 Å². The van der Waals surface area contributed by atoms with Crippen LogP contribution in [0.5, 0.6) is 5.75 Å². The van der Waals surface area contributed by atoms with Crippen LogP contribution >= 0.6 is 0 Å². The van der Waals surface area contributed by atoms with Crippen LogP contribution in [-0.2, 0) is 16.1 Å². The average molecular weight is 419 g/mol. The van der Waals surface area contributed by atoms with Crippen LogP contribution in [0.1, 0.15) is 22.3 Å². The molecule has 32 heavy (non-hydrogen) atoms. The van der Waals surface area contributed by atoms with E-state index in [2.05, 4.69) is 24.0 Å². The SMILES string of the molecule is Cc1cccc(COc2ccccc2/C=C2\N=C(c3ccc4ccccc4c3)OC2=O)c1. The van der Waals surface area contributed by atoms with E-state index >= 15 is 0 Å². The van der Waals surface area contributed by atoms with E-state index in [-0.39, 0.29) is 5.70 Å². The third-order valence-electron chi connectivity index (χ3n) is 5.30. The van der Waals surface area contributed by atoms with Crippen LogP contribution in [0.3, 0.4) is 0 Å². The molecule has 0 amide bonds. The van der Waals surface area contributed by atoms with Gasteiger partial charge in [-0.15, -0.1) is 0 Å². The van der Waals surface area contributed by atoms with Crippen molar-refractivity contribution in [1.29, 1.82) is 0 Å². The van der Waals surface area contributed by atoms with Gasteiger partial charge in [0, 0.05) is 11.1 Å². The second-order valence-corrected chi connectivity index (χ2v) is 7.71. The number of aliphatic imine (C=N–C) groups is 1. The van der Waals surface area contributed by atoms with E-state index in [4.69, 9.17) is 9.47 Å². The monoisotopic (exact) mass is 419 g/mol. The molecule has 1 heterocycles. The van der Waals surface area contributed by atoms with Gasteiger partial charge < -0.3 is 9.47 Å². The lowest BCUT2D eigenvalue weighted by molar-refractivity contribution is -0.129. The van der Waals surface area contributed by atoms with Gasteiger partial charge >= 0.3 is 5.97 Å². The molecule has 4 aromatic rings. The Morgan fingerprint density at radius 2 is 1.69 bits per heavy atom. The molecule has 0 saturated carbocycles. The van der Waals surface area contributed by atoms with Crippen molar-refractivity contribution in [3.05, 3.63) is 119 Å². The van der Waals surface area contributed by atoms with Crippen molar-refractivity contribution in [3.8, 4) is 5.75 Å². The molecule has 4 nitrogen and oxygen atoms in total. The van der Waals surface area contributed by atoms with Crippen molar-refractivity contribution in [3.63, 3.8) is 0 Å². The molecule has 0 aliphatic carbocycles. The first kappa shape index (κ1) is 19.8. The van der Waals surface area contributed by atoms with E-state index in [0.717, 1.165) is 27.5 Å². The van der Waals surface area contributed by atoms with Gasteiger partial charge in [0.2, 0.25) is 5.90 Å². The molecule has 156 valence electrons. The fourth-order valence-electron chi connectivity index (χ4n) is 3.70. The van der Waals surface area contributed by atoms with Gasteiger partial charge in [0.05, 0.1) is 0 Å². The van der Waals surface area contributed by atoms with Crippen LogP contribution in [0.25, 0.3) is 16.8 Å². The Kier molecular flexibility index (Phi) is 5.26. The highest BCUT2D eigenvalue weighted by molar-refractivity contribution is 6.13. The normalized spacial score (nSPS) is 14.5. The summed E-state index contributed by atoms with van der Waals surface area (Å²) in [5.41, 5.74) is 4.06. The Morgan fingerprint density at radius 1 is 0.875 bits per heavy atom. The van der Waals surface area contributed by atoms with Crippen LogP contribution < -0.4 is 4.74 Å². The first-order chi connectivity index (χ1) is 15.7. The number of hydrogen-bond acceptors (Lipinski definition) is 4. The number of esters is 1. The molecule has 0 spiro atoms. The predicted octanol–water partition coefficient (Wildman–Crippen LogP) is 6.07. The molecular weight excluding hydrogens is 398 g/mol. The van der Waals surface area contributed by atoms with E-state index in [9.17, 15) is 4.79 Å². The summed E-state index contributed by atoms with van der Waals surface area (Å²) in [7, 11) is 0. The molecule has 0 unspecified atom stereocenters. The quantitative estimate of drug-likeness (QED) is 0.291. The van der Waals surface area contributed by atoms with Gasteiger partial charge in [0.25, 0.3) is 0 Å². The number of nitrogens with zero attached hydrogens (tertiary/aromatic N) is 1. The summed E-state index contributed by atoms with van der Waals surface area (Å²) in [6.07, 6.45) is 1.71. The minimum atomic E-state index is -0.471. The minimum absolute atomic E-state index is 0.250. The van der Waals surface area contributed by atoms with Crippen molar-refractivity contribution >= 4 is 28.7 Å². The zero-order chi connectivity index (χ0) is 21.9. The van der Waals surface area contributed by atoms with Crippen molar-refractivity contribution in [2.45, 2.75) is 13.5 Å². The average Bonchev–Trinajstić information content (AvgIpc) is 3.18. The molecular formula is C28H21NO3. The van der Waals surface area contributed by atoms with Crippen molar-refractivity contribution in [2.75, 3.05) is 0 Å². The summed E-state index contributed by atoms with van der Waals surface area (Å²) < 4.78 is 11.5. The first-order valence-corrected chi connectivity index (χ1v) is 10.4. The second kappa shape index (κ2) is 8.52. The molecule has 0 aromatic heterocycles. The van der Waals surface area contributed by atoms with Crippen molar-refractivity contribution < 1.29 is 14.3 Å². The summed E-state index contributed by atoms with van der Waals surface area (Å²) in [4.78, 5) is 17.0. The smallest absolute Gasteiger partial charge is 0.363 e. The molecule has 4 aromatic carbocycles. The Hall–Kier alpha value is -4.18. The molecule has 0 atom stereocenters. The number of rotatable bonds is 5. The zero-order valence-corrected chi connectivity index (χ0v) is 17.6. The van der Waals surface area contributed by atoms with Gasteiger partial charge in [-0.1, -0.05) is 78.4 Å². The standard InChI is InChI=1S/C28H21NO3/c1-19-7-6-8-20(15-19)18-31-26-12-5-4-11-23(26)17-25-28(30)32-27(29-25)24-14-13-21-9-2-3-10-22(21)16-24/h2-17H,18H2,1H3/b25-17-. The molecule has 4 heteroatoms. The third-order valence-corrected chi connectivity index (χ3v) is 5.30. The van der Waals surface area contributed by atoms with Crippen molar-refractivity contribution in [2.24, 2.45) is 4.99 Å². The highest BCUT2D eigenvalue weighted by Gasteiger charge is 2.24. The number of aryl methyl sites for hydroxylation is 1. The highest BCUT2D eigenvalue weighted by atomic mass is 16.6. The van der Waals surface area contributed by atoms with E-state index in [1.807, 2.05) is 78.9 Å². The van der Waals surface area contributed by atoms with Crippen LogP contribution in [0, 0.1) is 6.92 Å². The fraction of sp³-hybridized carbons (Fsp3) is 0.0714. The van der Waals surface area contributed by atoms with Crippen LogP contribution in [0.15, 0.2) is 102 Å². The maximum atomic E-state index is 12.5. The number of fused-ring (bicyclic) bond motifs is 1. The predicted molar refractivity (Wildman–Crippen MR) is 127 cm³/mol. The molecule has 0 saturated heterocycles. The molecule has 0 fully saturated rings. The Morgan fingerprint density at radius 3 is 2.56 bits per heavy atom. The Bertz CT molecular complexity index is 1380. The van der Waals surface area contributed by atoms with Crippen molar-refractivity contribution in [1.82, 2.24) is 0 Å². The van der Waals surface area contributed by atoms with E-state index < -0.39 is 5.97 Å². The summed E-state index contributed by atoms with van der Waals surface area (Å²) in [6.45, 7) is 2.50. The molecule has 1 aliphatic rings. The van der Waals surface area contributed by atoms with Gasteiger partial charge in [-0.05, 0) is 47.5 Å². The molecule has 1 aliphatic heterocycles. The van der Waals surface area contributed by atoms with Crippen LogP contribution in [-0.4, -0.2) is 11.9 Å². The number of cyclic esters (lactones) is 1. The molecule has 0 N–H and O–H groups in total.